The van der Waals surface area contributed by atoms with Gasteiger partial charge in [-0.3, -0.25) is 4.79 Å². The van der Waals surface area contributed by atoms with E-state index in [1.165, 1.54) is 6.42 Å². The van der Waals surface area contributed by atoms with Crippen molar-refractivity contribution >= 4 is 27.5 Å². The molecule has 4 nitrogen and oxygen atoms in total. The van der Waals surface area contributed by atoms with Gasteiger partial charge in [0.05, 0.1) is 12.8 Å². The number of amides is 1. The highest BCUT2D eigenvalue weighted by Crippen LogP contribution is 2.43. The Morgan fingerprint density at radius 3 is 2.79 bits per heavy atom. The van der Waals surface area contributed by atoms with Crippen LogP contribution in [-0.4, -0.2) is 19.6 Å². The van der Waals surface area contributed by atoms with Gasteiger partial charge in [-0.25, -0.2) is 0 Å². The summed E-state index contributed by atoms with van der Waals surface area (Å²) >= 11 is 3.42. The highest BCUT2D eigenvalue weighted by Gasteiger charge is 2.37. The van der Waals surface area contributed by atoms with Gasteiger partial charge in [0.25, 0.3) is 0 Å². The van der Waals surface area contributed by atoms with Crippen molar-refractivity contribution in [3.8, 4) is 5.75 Å². The van der Waals surface area contributed by atoms with Crippen LogP contribution in [0.4, 0.5) is 5.69 Å². The molecule has 0 saturated heterocycles. The average molecular weight is 327 g/mol. The van der Waals surface area contributed by atoms with E-state index in [0.29, 0.717) is 13.0 Å². The molecule has 0 unspecified atom stereocenters. The Morgan fingerprint density at radius 2 is 2.26 bits per heavy atom. The predicted octanol–water partition coefficient (Wildman–Crippen LogP) is 2.92. The zero-order chi connectivity index (χ0) is 13.9. The summed E-state index contributed by atoms with van der Waals surface area (Å²) in [5.41, 5.74) is 6.53. The first-order chi connectivity index (χ1) is 9.08. The molecule has 0 aliphatic heterocycles. The molecule has 2 rings (SSSR count). The smallest absolute Gasteiger partial charge is 0.225 e. The third-order valence-electron chi connectivity index (χ3n) is 3.83. The van der Waals surface area contributed by atoms with Crippen LogP contribution >= 0.6 is 15.9 Å². The van der Waals surface area contributed by atoms with E-state index in [2.05, 4.69) is 21.2 Å². The van der Waals surface area contributed by atoms with Crippen molar-refractivity contribution in [2.45, 2.75) is 25.7 Å². The minimum atomic E-state index is 0.0131. The number of ether oxygens (including phenoxy) is 1. The molecule has 3 N–H and O–H groups in total. The van der Waals surface area contributed by atoms with Crippen molar-refractivity contribution < 1.29 is 9.53 Å². The van der Waals surface area contributed by atoms with Crippen LogP contribution in [0.5, 0.6) is 5.75 Å². The van der Waals surface area contributed by atoms with E-state index in [9.17, 15) is 4.79 Å². The number of nitrogens with one attached hydrogen (secondary N) is 1. The molecule has 1 saturated carbocycles. The SMILES string of the molecule is COc1ccc(Br)c(NC(=O)CC2(CN)CCC2)c1. The highest BCUT2D eigenvalue weighted by molar-refractivity contribution is 9.10. The summed E-state index contributed by atoms with van der Waals surface area (Å²) in [4.78, 5) is 12.1. The first-order valence-corrected chi connectivity index (χ1v) is 7.21. The Morgan fingerprint density at radius 1 is 1.53 bits per heavy atom. The van der Waals surface area contributed by atoms with Gasteiger partial charge in [-0.05, 0) is 52.9 Å². The Bertz CT molecular complexity index is 467. The molecule has 1 aliphatic carbocycles. The lowest BCUT2D eigenvalue weighted by atomic mass is 9.66. The topological polar surface area (TPSA) is 64.3 Å². The number of rotatable bonds is 5. The average Bonchev–Trinajstić information content (AvgIpc) is 2.36. The van der Waals surface area contributed by atoms with E-state index in [4.69, 9.17) is 10.5 Å². The molecular formula is C14H19BrN2O2. The molecule has 0 bridgehead atoms. The van der Waals surface area contributed by atoms with Crippen LogP contribution in [0.15, 0.2) is 22.7 Å². The second kappa shape index (κ2) is 5.92. The summed E-state index contributed by atoms with van der Waals surface area (Å²) in [6.45, 7) is 0.583. The molecule has 0 atom stereocenters. The van der Waals surface area contributed by atoms with Crippen LogP contribution in [0.1, 0.15) is 25.7 Å². The van der Waals surface area contributed by atoms with Crippen LogP contribution in [0.3, 0.4) is 0 Å². The van der Waals surface area contributed by atoms with Crippen molar-refractivity contribution in [2.75, 3.05) is 19.0 Å². The van der Waals surface area contributed by atoms with E-state index in [1.54, 1.807) is 13.2 Å². The molecular weight excluding hydrogens is 308 g/mol. The maximum atomic E-state index is 12.1. The molecule has 5 heteroatoms. The van der Waals surface area contributed by atoms with Gasteiger partial charge in [0.2, 0.25) is 5.91 Å². The summed E-state index contributed by atoms with van der Waals surface area (Å²) in [7, 11) is 1.60. The van der Waals surface area contributed by atoms with Crippen LogP contribution in [0, 0.1) is 5.41 Å². The van der Waals surface area contributed by atoms with Gasteiger partial charge in [0.1, 0.15) is 5.75 Å². The zero-order valence-electron chi connectivity index (χ0n) is 11.0. The van der Waals surface area contributed by atoms with Gasteiger partial charge in [0.15, 0.2) is 0 Å². The third-order valence-corrected chi connectivity index (χ3v) is 4.52. The Hall–Kier alpha value is -1.07. The number of halogens is 1. The van der Waals surface area contributed by atoms with Gasteiger partial charge in [0, 0.05) is 17.0 Å². The number of benzene rings is 1. The fourth-order valence-corrected chi connectivity index (χ4v) is 2.74. The molecule has 1 amide bonds. The van der Waals surface area contributed by atoms with Crippen molar-refractivity contribution in [1.82, 2.24) is 0 Å². The number of hydrogen-bond donors (Lipinski definition) is 2. The number of anilines is 1. The molecule has 104 valence electrons. The molecule has 0 radical (unpaired) electrons. The Kier molecular flexibility index (Phi) is 4.47. The van der Waals surface area contributed by atoms with Crippen LogP contribution in [-0.2, 0) is 4.79 Å². The lowest BCUT2D eigenvalue weighted by Gasteiger charge is -2.40. The van der Waals surface area contributed by atoms with E-state index in [1.807, 2.05) is 12.1 Å². The Labute approximate surface area is 121 Å². The van der Waals surface area contributed by atoms with E-state index < -0.39 is 0 Å². The van der Waals surface area contributed by atoms with E-state index in [-0.39, 0.29) is 11.3 Å². The summed E-state index contributed by atoms with van der Waals surface area (Å²) in [6.07, 6.45) is 3.77. The fraction of sp³-hybridized carbons (Fsp3) is 0.500. The van der Waals surface area contributed by atoms with Crippen molar-refractivity contribution in [3.63, 3.8) is 0 Å². The molecule has 1 aliphatic rings. The summed E-state index contributed by atoms with van der Waals surface area (Å²) in [5, 5.41) is 2.92. The first-order valence-electron chi connectivity index (χ1n) is 6.42. The van der Waals surface area contributed by atoms with Crippen LogP contribution in [0.2, 0.25) is 0 Å². The lowest BCUT2D eigenvalue weighted by molar-refractivity contribution is -0.119. The van der Waals surface area contributed by atoms with Crippen molar-refractivity contribution in [2.24, 2.45) is 11.1 Å². The van der Waals surface area contributed by atoms with Crippen LogP contribution in [0.25, 0.3) is 0 Å². The predicted molar refractivity (Wildman–Crippen MR) is 79.3 cm³/mol. The molecule has 0 aromatic heterocycles. The highest BCUT2D eigenvalue weighted by atomic mass is 79.9. The molecule has 19 heavy (non-hydrogen) atoms. The number of carbonyl (C=O) groups excluding carboxylic acids is 1. The summed E-state index contributed by atoms with van der Waals surface area (Å²) in [6, 6.07) is 5.50. The largest absolute Gasteiger partial charge is 0.497 e. The molecule has 1 aromatic rings. The molecule has 1 aromatic carbocycles. The second-order valence-electron chi connectivity index (χ2n) is 5.13. The number of hydrogen-bond acceptors (Lipinski definition) is 3. The second-order valence-corrected chi connectivity index (χ2v) is 5.98. The number of nitrogens with two attached hydrogens (primary N) is 1. The minimum absolute atomic E-state index is 0.0131. The van der Waals surface area contributed by atoms with E-state index in [0.717, 1.165) is 28.8 Å². The van der Waals surface area contributed by atoms with Gasteiger partial charge in [-0.15, -0.1) is 0 Å². The minimum Gasteiger partial charge on any atom is -0.497 e. The Balaban J connectivity index is 2.02. The van der Waals surface area contributed by atoms with Gasteiger partial charge < -0.3 is 15.8 Å². The maximum Gasteiger partial charge on any atom is 0.225 e. The van der Waals surface area contributed by atoms with Gasteiger partial charge >= 0.3 is 0 Å². The third kappa shape index (κ3) is 3.28. The van der Waals surface area contributed by atoms with Crippen LogP contribution < -0.4 is 15.8 Å². The molecule has 0 spiro atoms. The maximum absolute atomic E-state index is 12.1. The normalized spacial score (nSPS) is 16.6. The van der Waals surface area contributed by atoms with Gasteiger partial charge in [-0.2, -0.15) is 0 Å². The standard InChI is InChI=1S/C14H19BrN2O2/c1-19-10-3-4-11(15)12(7-10)17-13(18)8-14(9-16)5-2-6-14/h3-4,7H,2,5-6,8-9,16H2,1H3,(H,17,18). The molecule has 0 heterocycles. The number of carbonyl (C=O) groups is 1. The van der Waals surface area contributed by atoms with Crippen molar-refractivity contribution in [3.05, 3.63) is 22.7 Å². The fourth-order valence-electron chi connectivity index (χ4n) is 2.39. The van der Waals surface area contributed by atoms with E-state index >= 15 is 0 Å². The lowest BCUT2D eigenvalue weighted by Crippen LogP contribution is -2.40. The first kappa shape index (κ1) is 14.3. The summed E-state index contributed by atoms with van der Waals surface area (Å²) in [5.74, 6) is 0.731. The quantitative estimate of drug-likeness (QED) is 0.874. The number of methoxy groups -OCH3 is 1. The van der Waals surface area contributed by atoms with Crippen molar-refractivity contribution in [1.29, 1.82) is 0 Å². The van der Waals surface area contributed by atoms with Gasteiger partial charge in [-0.1, -0.05) is 6.42 Å². The zero-order valence-corrected chi connectivity index (χ0v) is 12.6. The monoisotopic (exact) mass is 326 g/mol. The molecule has 1 fully saturated rings. The summed E-state index contributed by atoms with van der Waals surface area (Å²) < 4.78 is 6.00.